The fourth-order valence-electron chi connectivity index (χ4n) is 3.66. The number of ether oxygens (including phenoxy) is 3. The van der Waals surface area contributed by atoms with Crippen molar-refractivity contribution in [3.63, 3.8) is 0 Å². The lowest BCUT2D eigenvalue weighted by Crippen LogP contribution is -2.03. The summed E-state index contributed by atoms with van der Waals surface area (Å²) in [4.78, 5) is 6.07. The van der Waals surface area contributed by atoms with Gasteiger partial charge in [-0.3, -0.25) is 0 Å². The van der Waals surface area contributed by atoms with Gasteiger partial charge in [-0.1, -0.05) is 6.07 Å². The number of benzene rings is 2. The Labute approximate surface area is 170 Å². The van der Waals surface area contributed by atoms with Crippen molar-refractivity contribution in [1.82, 2.24) is 4.98 Å². The minimum atomic E-state index is 0.634. The van der Waals surface area contributed by atoms with Crippen LogP contribution in [-0.2, 0) is 19.3 Å². The van der Waals surface area contributed by atoms with Gasteiger partial charge in [0, 0.05) is 16.9 Å². The number of fused-ring (bicyclic) bond motifs is 1. The summed E-state index contributed by atoms with van der Waals surface area (Å²) in [5.41, 5.74) is 5.05. The van der Waals surface area contributed by atoms with Crippen molar-refractivity contribution in [3.8, 4) is 27.8 Å². The first-order valence-corrected chi connectivity index (χ1v) is 10.4. The van der Waals surface area contributed by atoms with Crippen molar-refractivity contribution in [2.24, 2.45) is 0 Å². The molecule has 1 heterocycles. The molecule has 1 aliphatic carbocycles. The molecule has 4 nitrogen and oxygen atoms in total. The largest absolute Gasteiger partial charge is 0.493 e. The summed E-state index contributed by atoms with van der Waals surface area (Å²) < 4.78 is 16.7. The summed E-state index contributed by atoms with van der Waals surface area (Å²) in [5, 5.41) is 0.992. The van der Waals surface area contributed by atoms with Crippen LogP contribution in [0.2, 0.25) is 0 Å². The van der Waals surface area contributed by atoms with E-state index in [4.69, 9.17) is 19.2 Å². The molecule has 0 unspecified atom stereocenters. The van der Waals surface area contributed by atoms with Gasteiger partial charge < -0.3 is 14.2 Å². The van der Waals surface area contributed by atoms with Crippen molar-refractivity contribution >= 4 is 11.3 Å². The van der Waals surface area contributed by atoms with E-state index in [1.165, 1.54) is 35.3 Å². The fourth-order valence-corrected chi connectivity index (χ4v) is 4.61. The van der Waals surface area contributed by atoms with Crippen molar-refractivity contribution in [3.05, 3.63) is 58.1 Å². The predicted molar refractivity (Wildman–Crippen MR) is 113 cm³/mol. The summed E-state index contributed by atoms with van der Waals surface area (Å²) in [5.74, 6) is 2.41. The highest BCUT2D eigenvalue weighted by Gasteiger charge is 2.14. The Bertz CT molecular complexity index is 980. The van der Waals surface area contributed by atoms with Gasteiger partial charge in [0.25, 0.3) is 0 Å². The van der Waals surface area contributed by atoms with Gasteiger partial charge in [-0.05, 0) is 67.6 Å². The van der Waals surface area contributed by atoms with Gasteiger partial charge in [0.15, 0.2) is 11.5 Å². The molecule has 5 heteroatoms. The highest BCUT2D eigenvalue weighted by molar-refractivity contribution is 7.15. The van der Waals surface area contributed by atoms with Crippen LogP contribution < -0.4 is 14.2 Å². The highest BCUT2D eigenvalue weighted by atomic mass is 32.1. The standard InChI is InChI=1S/C23H25NO3S/c1-15-20(11-12-27-19-9-7-16-5-4-6-17(16)13-19)24-23(28-15)18-8-10-21(25-2)22(14-18)26-3/h7-10,13-14H,4-6,11-12H2,1-3H3. The molecule has 1 aromatic heterocycles. The van der Waals surface area contributed by atoms with Crippen LogP contribution in [0.5, 0.6) is 17.2 Å². The van der Waals surface area contributed by atoms with Gasteiger partial charge in [0.1, 0.15) is 10.8 Å². The number of hydrogen-bond acceptors (Lipinski definition) is 5. The van der Waals surface area contributed by atoms with Crippen molar-refractivity contribution in [2.45, 2.75) is 32.6 Å². The monoisotopic (exact) mass is 395 g/mol. The maximum Gasteiger partial charge on any atom is 0.161 e. The van der Waals surface area contributed by atoms with Crippen LogP contribution in [-0.4, -0.2) is 25.8 Å². The Morgan fingerprint density at radius 3 is 2.61 bits per heavy atom. The highest BCUT2D eigenvalue weighted by Crippen LogP contribution is 2.35. The van der Waals surface area contributed by atoms with E-state index in [1.54, 1.807) is 25.6 Å². The average Bonchev–Trinajstić information content (AvgIpc) is 3.33. The second-order valence-corrected chi connectivity index (χ2v) is 8.18. The smallest absolute Gasteiger partial charge is 0.161 e. The molecule has 0 aliphatic heterocycles. The Morgan fingerprint density at radius 2 is 1.79 bits per heavy atom. The van der Waals surface area contributed by atoms with Crippen LogP contribution in [0.4, 0.5) is 0 Å². The topological polar surface area (TPSA) is 40.6 Å². The first-order valence-electron chi connectivity index (χ1n) is 9.61. The second kappa shape index (κ2) is 8.23. The number of aromatic nitrogens is 1. The van der Waals surface area contributed by atoms with E-state index >= 15 is 0 Å². The third-order valence-corrected chi connectivity index (χ3v) is 6.26. The van der Waals surface area contributed by atoms with Crippen molar-refractivity contribution < 1.29 is 14.2 Å². The molecule has 4 rings (SSSR count). The van der Waals surface area contributed by atoms with Gasteiger partial charge in [-0.25, -0.2) is 4.98 Å². The number of methoxy groups -OCH3 is 2. The molecule has 0 atom stereocenters. The Balaban J connectivity index is 1.43. The van der Waals surface area contributed by atoms with Crippen molar-refractivity contribution in [1.29, 1.82) is 0 Å². The number of rotatable bonds is 7. The number of nitrogens with zero attached hydrogens (tertiary/aromatic N) is 1. The minimum Gasteiger partial charge on any atom is -0.493 e. The van der Waals surface area contributed by atoms with Crippen LogP contribution in [0.15, 0.2) is 36.4 Å². The number of aryl methyl sites for hydroxylation is 3. The molecule has 0 radical (unpaired) electrons. The lowest BCUT2D eigenvalue weighted by atomic mass is 10.1. The molecule has 0 saturated heterocycles. The third kappa shape index (κ3) is 3.85. The molecule has 3 aromatic rings. The van der Waals surface area contributed by atoms with E-state index in [2.05, 4.69) is 25.1 Å². The van der Waals surface area contributed by atoms with Crippen LogP contribution in [0.3, 0.4) is 0 Å². The van der Waals surface area contributed by atoms with Crippen molar-refractivity contribution in [2.75, 3.05) is 20.8 Å². The van der Waals surface area contributed by atoms with E-state index in [9.17, 15) is 0 Å². The minimum absolute atomic E-state index is 0.634. The third-order valence-electron chi connectivity index (χ3n) is 5.20. The quantitative estimate of drug-likeness (QED) is 0.548. The Hall–Kier alpha value is -2.53. The van der Waals surface area contributed by atoms with Gasteiger partial charge in [0.05, 0.1) is 26.5 Å². The van der Waals surface area contributed by atoms with E-state index in [0.29, 0.717) is 12.4 Å². The molecule has 28 heavy (non-hydrogen) atoms. The lowest BCUT2D eigenvalue weighted by Gasteiger charge is -2.08. The van der Waals surface area contributed by atoms with E-state index < -0.39 is 0 Å². The SMILES string of the molecule is COc1ccc(-c2nc(CCOc3ccc4c(c3)CCC4)c(C)s2)cc1OC. The number of thiazole rings is 1. The van der Waals surface area contributed by atoms with Gasteiger partial charge in [-0.2, -0.15) is 0 Å². The molecule has 0 N–H and O–H groups in total. The van der Waals surface area contributed by atoms with E-state index in [1.807, 2.05) is 18.2 Å². The summed E-state index contributed by atoms with van der Waals surface area (Å²) in [6, 6.07) is 12.4. The average molecular weight is 396 g/mol. The molecule has 0 spiro atoms. The zero-order chi connectivity index (χ0) is 19.5. The summed E-state index contributed by atoms with van der Waals surface area (Å²) in [7, 11) is 3.29. The molecule has 2 aromatic carbocycles. The van der Waals surface area contributed by atoms with Gasteiger partial charge >= 0.3 is 0 Å². The molecule has 0 saturated carbocycles. The molecular formula is C23H25NO3S. The normalized spacial score (nSPS) is 12.7. The number of hydrogen-bond donors (Lipinski definition) is 0. The predicted octanol–water partition coefficient (Wildman–Crippen LogP) is 5.25. The Kier molecular flexibility index (Phi) is 5.53. The van der Waals surface area contributed by atoms with Gasteiger partial charge in [-0.15, -0.1) is 11.3 Å². The first-order chi connectivity index (χ1) is 13.7. The zero-order valence-corrected chi connectivity index (χ0v) is 17.4. The molecule has 1 aliphatic rings. The summed E-state index contributed by atoms with van der Waals surface area (Å²) in [6.07, 6.45) is 4.43. The second-order valence-electron chi connectivity index (χ2n) is 6.97. The first kappa shape index (κ1) is 18.8. The van der Waals surface area contributed by atoms with Gasteiger partial charge in [0.2, 0.25) is 0 Å². The van der Waals surface area contributed by atoms with Crippen LogP contribution in [0, 0.1) is 6.92 Å². The maximum absolute atomic E-state index is 6.00. The maximum atomic E-state index is 6.00. The molecule has 0 fully saturated rings. The van der Waals surface area contributed by atoms with E-state index in [-0.39, 0.29) is 0 Å². The van der Waals surface area contributed by atoms with E-state index in [0.717, 1.165) is 34.2 Å². The molecule has 0 amide bonds. The molecular weight excluding hydrogens is 370 g/mol. The fraction of sp³-hybridized carbons (Fsp3) is 0.348. The summed E-state index contributed by atoms with van der Waals surface area (Å²) in [6.45, 7) is 2.75. The van der Waals surface area contributed by atoms with Crippen LogP contribution in [0.1, 0.15) is 28.1 Å². The molecule has 0 bridgehead atoms. The lowest BCUT2D eigenvalue weighted by molar-refractivity contribution is 0.320. The van der Waals surface area contributed by atoms with Crippen LogP contribution in [0.25, 0.3) is 10.6 Å². The summed E-state index contributed by atoms with van der Waals surface area (Å²) >= 11 is 1.70. The zero-order valence-electron chi connectivity index (χ0n) is 16.6. The van der Waals surface area contributed by atoms with Crippen LogP contribution >= 0.6 is 11.3 Å². The molecule has 146 valence electrons. The Morgan fingerprint density at radius 1 is 0.964 bits per heavy atom.